The Labute approximate surface area is 214 Å². The van der Waals surface area contributed by atoms with Gasteiger partial charge in [-0.25, -0.2) is 0 Å². The predicted octanol–water partition coefficient (Wildman–Crippen LogP) is 6.45. The lowest BCUT2D eigenvalue weighted by Gasteiger charge is -2.42. The second-order valence-electron chi connectivity index (χ2n) is 8.64. The van der Waals surface area contributed by atoms with Crippen LogP contribution in [0.1, 0.15) is 29.0 Å². The summed E-state index contributed by atoms with van der Waals surface area (Å²) in [4.78, 5) is 17.1. The molecule has 7 heteroatoms. The summed E-state index contributed by atoms with van der Waals surface area (Å²) in [6, 6.07) is 26.0. The van der Waals surface area contributed by atoms with Crippen molar-refractivity contribution >= 4 is 35.0 Å². The van der Waals surface area contributed by atoms with Crippen LogP contribution in [0, 0.1) is 18.3 Å². The fraction of sp³-hybridized carbons (Fsp3) is 0.214. The number of aryl methyl sites for hydroxylation is 1. The summed E-state index contributed by atoms with van der Waals surface area (Å²) in [5.41, 5.74) is 4.61. The van der Waals surface area contributed by atoms with E-state index in [0.717, 1.165) is 33.2 Å². The van der Waals surface area contributed by atoms with E-state index in [2.05, 4.69) is 11.0 Å². The number of carbonyl (C=O) groups is 1. The lowest BCUT2D eigenvalue weighted by atomic mass is 9.86. The van der Waals surface area contributed by atoms with Gasteiger partial charge in [-0.15, -0.1) is 0 Å². The first-order valence-corrected chi connectivity index (χ1v) is 12.7. The molecule has 0 aliphatic carbocycles. The van der Waals surface area contributed by atoms with E-state index in [1.807, 2.05) is 79.7 Å². The molecule has 1 amide bonds. The molecule has 2 aliphatic heterocycles. The number of hydrogen-bond donors (Lipinski definition) is 0. The van der Waals surface area contributed by atoms with Gasteiger partial charge in [-0.05, 0) is 47.9 Å². The van der Waals surface area contributed by atoms with Crippen molar-refractivity contribution in [2.75, 3.05) is 17.4 Å². The van der Waals surface area contributed by atoms with E-state index in [1.54, 1.807) is 4.90 Å². The zero-order valence-electron chi connectivity index (χ0n) is 19.3. The minimum atomic E-state index is -0.285. The standard InChI is InChI=1S/C28H24ClN3O2S/c1-19-10-11-22(13-26(19)29)31-17-32-27(33)14-24(25(15-30)28(32)35-18-31)21-8-5-9-23(12-21)34-16-20-6-3-2-4-7-20/h2-13,24H,14,16-18H2,1H3. The SMILES string of the molecule is Cc1ccc(N2CSC3=C(C#N)C(c4cccc(OCc5ccccc5)c4)CC(=O)N3C2)cc1Cl. The maximum absolute atomic E-state index is 13.3. The van der Waals surface area contributed by atoms with Crippen LogP contribution in [0.2, 0.25) is 5.02 Å². The summed E-state index contributed by atoms with van der Waals surface area (Å²) in [6.45, 7) is 2.83. The largest absolute Gasteiger partial charge is 0.489 e. The molecule has 35 heavy (non-hydrogen) atoms. The molecule has 0 bridgehead atoms. The summed E-state index contributed by atoms with van der Waals surface area (Å²) in [6.07, 6.45) is 0.248. The van der Waals surface area contributed by atoms with Gasteiger partial charge in [0.15, 0.2) is 0 Å². The maximum atomic E-state index is 13.3. The highest BCUT2D eigenvalue weighted by Crippen LogP contribution is 2.44. The molecule has 3 aromatic rings. The zero-order valence-corrected chi connectivity index (χ0v) is 20.9. The molecule has 3 aromatic carbocycles. The van der Waals surface area contributed by atoms with E-state index >= 15 is 0 Å². The molecule has 1 unspecified atom stereocenters. The van der Waals surface area contributed by atoms with E-state index in [0.29, 0.717) is 29.7 Å². The lowest BCUT2D eigenvalue weighted by Crippen LogP contribution is -2.47. The quantitative estimate of drug-likeness (QED) is 0.402. The molecule has 0 radical (unpaired) electrons. The van der Waals surface area contributed by atoms with Crippen LogP contribution in [0.5, 0.6) is 5.75 Å². The number of anilines is 1. The summed E-state index contributed by atoms with van der Waals surface area (Å²) in [5.74, 6) is 1.08. The normalized spacial score (nSPS) is 17.7. The number of allylic oxidation sites excluding steroid dienone is 1. The molecule has 1 saturated heterocycles. The van der Waals surface area contributed by atoms with Crippen molar-refractivity contribution in [2.24, 2.45) is 0 Å². The van der Waals surface area contributed by atoms with Crippen molar-refractivity contribution in [1.82, 2.24) is 4.90 Å². The first-order valence-electron chi connectivity index (χ1n) is 11.4. The van der Waals surface area contributed by atoms with Crippen LogP contribution < -0.4 is 9.64 Å². The number of ether oxygens (including phenoxy) is 1. The third kappa shape index (κ3) is 4.88. The van der Waals surface area contributed by atoms with E-state index in [9.17, 15) is 10.1 Å². The van der Waals surface area contributed by atoms with Gasteiger partial charge in [0.05, 0.1) is 29.2 Å². The van der Waals surface area contributed by atoms with Crippen molar-refractivity contribution in [3.05, 3.63) is 105 Å². The second-order valence-corrected chi connectivity index (χ2v) is 9.98. The third-order valence-corrected chi connectivity index (χ3v) is 7.88. The van der Waals surface area contributed by atoms with Gasteiger partial charge >= 0.3 is 0 Å². The van der Waals surface area contributed by atoms with Crippen LogP contribution >= 0.6 is 23.4 Å². The first kappa shape index (κ1) is 23.3. The topological polar surface area (TPSA) is 56.6 Å². The molecule has 2 heterocycles. The molecule has 5 rings (SSSR count). The summed E-state index contributed by atoms with van der Waals surface area (Å²) in [5, 5.41) is 11.5. The monoisotopic (exact) mass is 501 g/mol. The Bertz CT molecular complexity index is 1340. The van der Waals surface area contributed by atoms with Crippen LogP contribution in [-0.4, -0.2) is 23.4 Å². The lowest BCUT2D eigenvalue weighted by molar-refractivity contribution is -0.129. The summed E-state index contributed by atoms with van der Waals surface area (Å²) < 4.78 is 5.99. The molecular weight excluding hydrogens is 478 g/mol. The summed E-state index contributed by atoms with van der Waals surface area (Å²) >= 11 is 7.85. The minimum absolute atomic E-state index is 0.00927. The van der Waals surface area contributed by atoms with Gasteiger partial charge in [0, 0.05) is 23.0 Å². The zero-order chi connectivity index (χ0) is 24.4. The van der Waals surface area contributed by atoms with Crippen LogP contribution in [0.4, 0.5) is 5.69 Å². The number of nitrogens with zero attached hydrogens (tertiary/aromatic N) is 3. The number of thioether (sulfide) groups is 1. The average Bonchev–Trinajstić information content (AvgIpc) is 2.89. The number of rotatable bonds is 5. The van der Waals surface area contributed by atoms with Crippen molar-refractivity contribution in [3.63, 3.8) is 0 Å². The molecule has 0 aromatic heterocycles. The van der Waals surface area contributed by atoms with E-state index in [-0.39, 0.29) is 18.2 Å². The van der Waals surface area contributed by atoms with Gasteiger partial charge in [-0.3, -0.25) is 9.69 Å². The van der Waals surface area contributed by atoms with Crippen molar-refractivity contribution in [3.8, 4) is 11.8 Å². The van der Waals surface area contributed by atoms with Crippen LogP contribution in [-0.2, 0) is 11.4 Å². The minimum Gasteiger partial charge on any atom is -0.489 e. The smallest absolute Gasteiger partial charge is 0.229 e. The van der Waals surface area contributed by atoms with Crippen LogP contribution in [0.15, 0.2) is 83.4 Å². The third-order valence-electron chi connectivity index (χ3n) is 6.32. The van der Waals surface area contributed by atoms with Crippen LogP contribution in [0.3, 0.4) is 0 Å². The molecular formula is C28H24ClN3O2S. The Balaban J connectivity index is 1.38. The molecule has 0 saturated carbocycles. The Morgan fingerprint density at radius 1 is 1.11 bits per heavy atom. The number of amides is 1. The van der Waals surface area contributed by atoms with Gasteiger partial charge in [0.2, 0.25) is 5.91 Å². The number of benzene rings is 3. The van der Waals surface area contributed by atoms with E-state index in [1.165, 1.54) is 11.8 Å². The first-order chi connectivity index (χ1) is 17.0. The number of nitriles is 1. The van der Waals surface area contributed by atoms with Gasteiger partial charge in [-0.1, -0.05) is 71.9 Å². The Morgan fingerprint density at radius 3 is 2.71 bits per heavy atom. The average molecular weight is 502 g/mol. The van der Waals surface area contributed by atoms with Gasteiger partial charge < -0.3 is 9.64 Å². The Kier molecular flexibility index (Phi) is 6.72. The van der Waals surface area contributed by atoms with Gasteiger partial charge in [0.1, 0.15) is 12.4 Å². The van der Waals surface area contributed by atoms with Crippen molar-refractivity contribution in [1.29, 1.82) is 5.26 Å². The molecule has 0 N–H and O–H groups in total. The van der Waals surface area contributed by atoms with Gasteiger partial charge in [-0.2, -0.15) is 5.26 Å². The van der Waals surface area contributed by atoms with Crippen LogP contribution in [0.25, 0.3) is 0 Å². The van der Waals surface area contributed by atoms with Crippen molar-refractivity contribution in [2.45, 2.75) is 25.9 Å². The molecule has 1 atom stereocenters. The summed E-state index contributed by atoms with van der Waals surface area (Å²) in [7, 11) is 0. The Hall–Kier alpha value is -3.40. The number of hydrogen-bond acceptors (Lipinski definition) is 5. The maximum Gasteiger partial charge on any atom is 0.229 e. The highest BCUT2D eigenvalue weighted by Gasteiger charge is 2.38. The molecule has 176 valence electrons. The highest BCUT2D eigenvalue weighted by atomic mass is 35.5. The van der Waals surface area contributed by atoms with E-state index < -0.39 is 0 Å². The molecule has 0 spiro atoms. The number of fused-ring (bicyclic) bond motifs is 1. The molecule has 2 aliphatic rings. The Morgan fingerprint density at radius 2 is 1.94 bits per heavy atom. The second kappa shape index (κ2) is 10.1. The highest BCUT2D eigenvalue weighted by molar-refractivity contribution is 8.03. The van der Waals surface area contributed by atoms with E-state index in [4.69, 9.17) is 16.3 Å². The molecule has 1 fully saturated rings. The predicted molar refractivity (Wildman–Crippen MR) is 140 cm³/mol. The van der Waals surface area contributed by atoms with Crippen molar-refractivity contribution < 1.29 is 9.53 Å². The molecule has 5 nitrogen and oxygen atoms in total. The van der Waals surface area contributed by atoms with Gasteiger partial charge in [0.25, 0.3) is 0 Å². The number of halogens is 1. The fourth-order valence-corrected chi connectivity index (χ4v) is 5.69. The fourth-order valence-electron chi connectivity index (χ4n) is 4.35. The number of carbonyl (C=O) groups excluding carboxylic acids is 1.